The van der Waals surface area contributed by atoms with Crippen molar-refractivity contribution in [3.63, 3.8) is 0 Å². The molecule has 0 unspecified atom stereocenters. The second kappa shape index (κ2) is 9.25. The summed E-state index contributed by atoms with van der Waals surface area (Å²) >= 11 is 7.69. The van der Waals surface area contributed by atoms with Crippen LogP contribution >= 0.6 is 22.9 Å². The van der Waals surface area contributed by atoms with Crippen molar-refractivity contribution in [2.75, 3.05) is 4.90 Å². The molecule has 0 N–H and O–H groups in total. The first kappa shape index (κ1) is 21.6. The molecule has 4 rings (SSSR count). The van der Waals surface area contributed by atoms with Gasteiger partial charge in [-0.2, -0.15) is 0 Å². The zero-order valence-electron chi connectivity index (χ0n) is 16.9. The number of fused-ring (bicyclic) bond motifs is 1. The summed E-state index contributed by atoms with van der Waals surface area (Å²) in [7, 11) is 0. The van der Waals surface area contributed by atoms with E-state index in [4.69, 9.17) is 11.6 Å². The van der Waals surface area contributed by atoms with Gasteiger partial charge in [0.25, 0.3) is 11.6 Å². The first-order chi connectivity index (χ1) is 15.4. The number of pyridine rings is 1. The monoisotopic (exact) mass is 464 g/mol. The van der Waals surface area contributed by atoms with Crippen molar-refractivity contribution in [3.05, 3.63) is 98.8 Å². The quantitative estimate of drug-likeness (QED) is 0.204. The van der Waals surface area contributed by atoms with Crippen LogP contribution < -0.4 is 4.90 Å². The van der Waals surface area contributed by atoms with E-state index in [2.05, 4.69) is 9.97 Å². The standard InChI is InChI=1S/C23H17ClN4O3S/c1-15-8-10-19(24)22-21(15)26-23(32-22)27(14-17-6-2-3-12-25-17)20(29)11-9-16-5-4-7-18(13-16)28(30)31/h2-13H,14H2,1H3/b11-9+. The van der Waals surface area contributed by atoms with Gasteiger partial charge in [-0.05, 0) is 42.3 Å². The van der Waals surface area contributed by atoms with Gasteiger partial charge in [0, 0.05) is 24.4 Å². The lowest BCUT2D eigenvalue weighted by Crippen LogP contribution is -2.29. The molecule has 0 aliphatic rings. The normalized spacial score (nSPS) is 11.2. The molecule has 4 aromatic rings. The summed E-state index contributed by atoms with van der Waals surface area (Å²) in [4.78, 5) is 34.3. The number of amides is 1. The van der Waals surface area contributed by atoms with Crippen molar-refractivity contribution < 1.29 is 9.72 Å². The van der Waals surface area contributed by atoms with Crippen LogP contribution in [0.15, 0.2) is 66.9 Å². The molecule has 0 atom stereocenters. The third-order valence-electron chi connectivity index (χ3n) is 4.73. The number of nitro groups is 1. The number of aromatic nitrogens is 2. The van der Waals surface area contributed by atoms with Gasteiger partial charge in [-0.3, -0.25) is 24.8 Å². The molecule has 2 aromatic heterocycles. The molecule has 0 bridgehead atoms. The average molecular weight is 465 g/mol. The first-order valence-electron chi connectivity index (χ1n) is 9.62. The van der Waals surface area contributed by atoms with E-state index in [9.17, 15) is 14.9 Å². The highest BCUT2D eigenvalue weighted by molar-refractivity contribution is 7.23. The lowest BCUT2D eigenvalue weighted by molar-refractivity contribution is -0.384. The number of carbonyl (C=O) groups excluding carboxylic acids is 1. The Labute approximate surface area is 192 Å². The fourth-order valence-electron chi connectivity index (χ4n) is 3.10. The molecule has 160 valence electrons. The van der Waals surface area contributed by atoms with Crippen molar-refractivity contribution in [2.24, 2.45) is 0 Å². The topological polar surface area (TPSA) is 89.2 Å². The summed E-state index contributed by atoms with van der Waals surface area (Å²) in [5.74, 6) is -0.324. The fraction of sp³-hybridized carbons (Fsp3) is 0.0870. The van der Waals surface area contributed by atoms with Crippen molar-refractivity contribution in [1.82, 2.24) is 9.97 Å². The van der Waals surface area contributed by atoms with Gasteiger partial charge in [-0.25, -0.2) is 4.98 Å². The highest BCUT2D eigenvalue weighted by Crippen LogP contribution is 2.36. The van der Waals surface area contributed by atoms with E-state index in [1.807, 2.05) is 31.2 Å². The van der Waals surface area contributed by atoms with E-state index >= 15 is 0 Å². The van der Waals surface area contributed by atoms with Crippen LogP contribution in [0, 0.1) is 17.0 Å². The van der Waals surface area contributed by atoms with Crippen molar-refractivity contribution in [2.45, 2.75) is 13.5 Å². The molecule has 1 amide bonds. The maximum absolute atomic E-state index is 13.2. The number of benzene rings is 2. The molecule has 2 heterocycles. The number of halogens is 1. The average Bonchev–Trinajstić information content (AvgIpc) is 3.26. The third kappa shape index (κ3) is 4.66. The highest BCUT2D eigenvalue weighted by atomic mass is 35.5. The minimum atomic E-state index is -0.472. The number of non-ortho nitro benzene ring substituents is 1. The van der Waals surface area contributed by atoms with Crippen LogP contribution in [-0.4, -0.2) is 20.8 Å². The number of aryl methyl sites for hydroxylation is 1. The zero-order valence-corrected chi connectivity index (χ0v) is 18.5. The Bertz CT molecular complexity index is 1300. The number of thiazole rings is 1. The van der Waals surface area contributed by atoms with Crippen LogP contribution in [0.25, 0.3) is 16.3 Å². The molecule has 0 saturated heterocycles. The van der Waals surface area contributed by atoms with Crippen LogP contribution in [-0.2, 0) is 11.3 Å². The Morgan fingerprint density at radius 3 is 2.78 bits per heavy atom. The van der Waals surface area contributed by atoms with Crippen LogP contribution in [0.1, 0.15) is 16.8 Å². The lowest BCUT2D eigenvalue weighted by atomic mass is 10.2. The second-order valence-electron chi connectivity index (χ2n) is 6.97. The summed E-state index contributed by atoms with van der Waals surface area (Å²) in [5.41, 5.74) is 2.92. The largest absolute Gasteiger partial charge is 0.278 e. The predicted molar refractivity (Wildman–Crippen MR) is 127 cm³/mol. The maximum atomic E-state index is 13.2. The molecular weight excluding hydrogens is 448 g/mol. The van der Waals surface area contributed by atoms with Crippen molar-refractivity contribution >= 4 is 56.0 Å². The van der Waals surface area contributed by atoms with E-state index in [-0.39, 0.29) is 18.1 Å². The minimum Gasteiger partial charge on any atom is -0.278 e. The van der Waals surface area contributed by atoms with Crippen LogP contribution in [0.2, 0.25) is 5.02 Å². The van der Waals surface area contributed by atoms with E-state index in [0.29, 0.717) is 21.4 Å². The van der Waals surface area contributed by atoms with Gasteiger partial charge in [0.05, 0.1) is 32.4 Å². The number of nitrogens with zero attached hydrogens (tertiary/aromatic N) is 4. The molecule has 32 heavy (non-hydrogen) atoms. The molecule has 7 nitrogen and oxygen atoms in total. The van der Waals surface area contributed by atoms with Gasteiger partial charge in [-0.1, -0.05) is 47.2 Å². The summed E-state index contributed by atoms with van der Waals surface area (Å²) < 4.78 is 0.808. The smallest absolute Gasteiger partial charge is 0.270 e. The maximum Gasteiger partial charge on any atom is 0.270 e. The summed E-state index contributed by atoms with van der Waals surface area (Å²) in [6, 6.07) is 15.3. The van der Waals surface area contributed by atoms with E-state index in [1.165, 1.54) is 34.4 Å². The number of hydrogen-bond acceptors (Lipinski definition) is 6. The van der Waals surface area contributed by atoms with E-state index in [0.717, 1.165) is 15.8 Å². The molecule has 0 radical (unpaired) electrons. The number of nitro benzene ring substituents is 1. The van der Waals surface area contributed by atoms with Crippen LogP contribution in [0.4, 0.5) is 10.8 Å². The van der Waals surface area contributed by atoms with Crippen LogP contribution in [0.3, 0.4) is 0 Å². The number of carbonyl (C=O) groups is 1. The van der Waals surface area contributed by atoms with E-state index in [1.54, 1.807) is 30.5 Å². The Balaban J connectivity index is 1.70. The number of hydrogen-bond donors (Lipinski definition) is 0. The molecule has 0 aliphatic carbocycles. The second-order valence-corrected chi connectivity index (χ2v) is 8.35. The summed E-state index contributed by atoms with van der Waals surface area (Å²) in [6.45, 7) is 2.16. The molecule has 0 spiro atoms. The molecule has 2 aromatic carbocycles. The van der Waals surface area contributed by atoms with Crippen molar-refractivity contribution in [3.8, 4) is 0 Å². The van der Waals surface area contributed by atoms with Crippen molar-refractivity contribution in [1.29, 1.82) is 0 Å². The third-order valence-corrected chi connectivity index (χ3v) is 6.27. The lowest BCUT2D eigenvalue weighted by Gasteiger charge is -2.17. The Morgan fingerprint density at radius 2 is 2.06 bits per heavy atom. The Morgan fingerprint density at radius 1 is 1.22 bits per heavy atom. The molecule has 0 aliphatic heterocycles. The van der Waals surface area contributed by atoms with E-state index < -0.39 is 4.92 Å². The van der Waals surface area contributed by atoms with Gasteiger partial charge in [0.15, 0.2) is 5.13 Å². The zero-order chi connectivity index (χ0) is 22.7. The predicted octanol–water partition coefficient (Wildman–Crippen LogP) is 5.81. The number of rotatable bonds is 6. The van der Waals surface area contributed by atoms with Gasteiger partial charge in [0.1, 0.15) is 0 Å². The minimum absolute atomic E-state index is 0.0405. The molecule has 0 saturated carbocycles. The molecule has 9 heteroatoms. The fourth-order valence-corrected chi connectivity index (χ4v) is 4.42. The summed E-state index contributed by atoms with van der Waals surface area (Å²) in [6.07, 6.45) is 4.59. The van der Waals surface area contributed by atoms with Gasteiger partial charge >= 0.3 is 0 Å². The molecular formula is C23H17ClN4O3S. The molecule has 0 fully saturated rings. The van der Waals surface area contributed by atoms with Gasteiger partial charge in [0.2, 0.25) is 0 Å². The Hall–Kier alpha value is -3.62. The SMILES string of the molecule is Cc1ccc(Cl)c2sc(N(Cc3ccccn3)C(=O)/C=C/c3cccc([N+](=O)[O-])c3)nc12. The summed E-state index contributed by atoms with van der Waals surface area (Å²) in [5, 5.41) is 12.1. The highest BCUT2D eigenvalue weighted by Gasteiger charge is 2.20. The Kier molecular flexibility index (Phi) is 6.25. The van der Waals surface area contributed by atoms with Gasteiger partial charge < -0.3 is 0 Å². The first-order valence-corrected chi connectivity index (χ1v) is 10.8. The van der Waals surface area contributed by atoms with Gasteiger partial charge in [-0.15, -0.1) is 0 Å². The number of anilines is 1. The van der Waals surface area contributed by atoms with Crippen LogP contribution in [0.5, 0.6) is 0 Å².